The third-order valence-corrected chi connectivity index (χ3v) is 4.85. The Hall–Kier alpha value is -1.84. The molecular formula is C16H19BN2O3. The average Bonchev–Trinajstić information content (AvgIpc) is 2.85. The lowest BCUT2D eigenvalue weighted by atomic mass is 9.75. The molecule has 5 nitrogen and oxygen atoms in total. The van der Waals surface area contributed by atoms with Crippen molar-refractivity contribution < 1.29 is 14.1 Å². The Bertz CT molecular complexity index is 662. The third-order valence-electron chi connectivity index (χ3n) is 4.85. The predicted octanol–water partition coefficient (Wildman–Crippen LogP) is 1.47. The van der Waals surface area contributed by atoms with Crippen molar-refractivity contribution in [3.05, 3.63) is 29.3 Å². The van der Waals surface area contributed by atoms with Gasteiger partial charge in [0.25, 0.3) is 5.91 Å². The molecule has 22 heavy (non-hydrogen) atoms. The van der Waals surface area contributed by atoms with Crippen LogP contribution in [0.1, 0.15) is 43.6 Å². The van der Waals surface area contributed by atoms with E-state index in [0.29, 0.717) is 12.1 Å². The topological polar surface area (TPSA) is 62.6 Å². The van der Waals surface area contributed by atoms with Crippen molar-refractivity contribution in [3.8, 4) is 6.07 Å². The zero-order valence-corrected chi connectivity index (χ0v) is 13.3. The van der Waals surface area contributed by atoms with Crippen LogP contribution in [0.3, 0.4) is 0 Å². The molecule has 2 heterocycles. The van der Waals surface area contributed by atoms with E-state index in [9.17, 15) is 4.79 Å². The Labute approximate surface area is 131 Å². The van der Waals surface area contributed by atoms with E-state index in [0.717, 1.165) is 11.0 Å². The molecule has 3 rings (SSSR count). The highest BCUT2D eigenvalue weighted by atomic mass is 16.7. The van der Waals surface area contributed by atoms with Gasteiger partial charge in [0, 0.05) is 12.1 Å². The number of carbonyl (C=O) groups is 1. The zero-order valence-electron chi connectivity index (χ0n) is 13.3. The Morgan fingerprint density at radius 3 is 2.50 bits per heavy atom. The summed E-state index contributed by atoms with van der Waals surface area (Å²) in [5.41, 5.74) is 1.58. The molecule has 1 amide bonds. The second kappa shape index (κ2) is 4.84. The molecule has 0 unspecified atom stereocenters. The summed E-state index contributed by atoms with van der Waals surface area (Å²) < 4.78 is 12.2. The molecule has 1 aromatic carbocycles. The molecule has 0 atom stereocenters. The van der Waals surface area contributed by atoms with E-state index in [2.05, 4.69) is 0 Å². The highest BCUT2D eigenvalue weighted by Gasteiger charge is 2.52. The van der Waals surface area contributed by atoms with Gasteiger partial charge in [0.2, 0.25) is 0 Å². The van der Waals surface area contributed by atoms with Gasteiger partial charge in [0.15, 0.2) is 0 Å². The third kappa shape index (κ3) is 2.13. The minimum absolute atomic E-state index is 0.0936. The second-order valence-corrected chi connectivity index (χ2v) is 6.78. The summed E-state index contributed by atoms with van der Waals surface area (Å²) >= 11 is 0. The van der Waals surface area contributed by atoms with Crippen LogP contribution in [0, 0.1) is 11.3 Å². The van der Waals surface area contributed by atoms with Crippen molar-refractivity contribution in [2.75, 3.05) is 6.54 Å². The normalized spacial score (nSPS) is 21.9. The summed E-state index contributed by atoms with van der Waals surface area (Å²) in [4.78, 5) is 13.8. The van der Waals surface area contributed by atoms with Crippen molar-refractivity contribution in [1.82, 2.24) is 4.90 Å². The molecule has 0 aromatic heterocycles. The molecule has 0 bridgehead atoms. The van der Waals surface area contributed by atoms with Crippen LogP contribution in [-0.2, 0) is 15.9 Å². The number of amides is 1. The van der Waals surface area contributed by atoms with Crippen LogP contribution in [0.5, 0.6) is 0 Å². The first-order valence-electron chi connectivity index (χ1n) is 7.40. The Kier molecular flexibility index (Phi) is 3.31. The van der Waals surface area contributed by atoms with Gasteiger partial charge in [0.05, 0.1) is 17.3 Å². The Balaban J connectivity index is 1.97. The molecule has 114 valence electrons. The number of hydrogen-bond acceptors (Lipinski definition) is 4. The first-order chi connectivity index (χ1) is 10.3. The molecule has 2 aliphatic heterocycles. The van der Waals surface area contributed by atoms with Gasteiger partial charge in [-0.2, -0.15) is 5.26 Å². The van der Waals surface area contributed by atoms with Crippen molar-refractivity contribution in [2.45, 2.75) is 45.4 Å². The molecule has 2 aliphatic rings. The largest absolute Gasteiger partial charge is 0.495 e. The Morgan fingerprint density at radius 2 is 1.91 bits per heavy atom. The SMILES string of the molecule is CC1(C)OB(c2cccc3c2CN(CC#N)C3=O)OC1(C)C. The molecule has 1 aromatic rings. The van der Waals surface area contributed by atoms with Gasteiger partial charge < -0.3 is 14.2 Å². The molecule has 6 heteroatoms. The number of carbonyl (C=O) groups excluding carboxylic acids is 1. The van der Waals surface area contributed by atoms with E-state index < -0.39 is 18.3 Å². The molecule has 1 fully saturated rings. The quantitative estimate of drug-likeness (QED) is 0.612. The maximum atomic E-state index is 12.3. The summed E-state index contributed by atoms with van der Waals surface area (Å²) in [5.74, 6) is -0.102. The molecule has 0 spiro atoms. The molecule has 0 radical (unpaired) electrons. The van der Waals surface area contributed by atoms with E-state index in [4.69, 9.17) is 14.6 Å². The van der Waals surface area contributed by atoms with Gasteiger partial charge in [-0.3, -0.25) is 4.79 Å². The van der Waals surface area contributed by atoms with Gasteiger partial charge >= 0.3 is 7.12 Å². The van der Waals surface area contributed by atoms with Crippen LogP contribution in [0.15, 0.2) is 18.2 Å². The van der Waals surface area contributed by atoms with Gasteiger partial charge in [-0.15, -0.1) is 0 Å². The van der Waals surface area contributed by atoms with E-state index >= 15 is 0 Å². The van der Waals surface area contributed by atoms with E-state index in [1.54, 1.807) is 11.0 Å². The fourth-order valence-corrected chi connectivity index (χ4v) is 2.82. The predicted molar refractivity (Wildman–Crippen MR) is 82.5 cm³/mol. The highest BCUT2D eigenvalue weighted by molar-refractivity contribution is 6.62. The number of nitrogens with zero attached hydrogens (tertiary/aromatic N) is 2. The van der Waals surface area contributed by atoms with Crippen molar-refractivity contribution in [2.24, 2.45) is 0 Å². The molecule has 0 aliphatic carbocycles. The summed E-state index contributed by atoms with van der Waals surface area (Å²) in [6.45, 7) is 8.54. The zero-order chi connectivity index (χ0) is 16.1. The number of fused-ring (bicyclic) bond motifs is 1. The maximum Gasteiger partial charge on any atom is 0.495 e. The summed E-state index contributed by atoms with van der Waals surface area (Å²) in [5, 5.41) is 8.85. The number of benzene rings is 1. The summed E-state index contributed by atoms with van der Waals surface area (Å²) in [6.07, 6.45) is 0. The molecule has 0 N–H and O–H groups in total. The standard InChI is InChI=1S/C16H19BN2O3/c1-15(2)16(3,4)22-17(21-15)13-7-5-6-11-12(13)10-19(9-8-18)14(11)20/h5-7H,9-10H2,1-4H3. The van der Waals surface area contributed by atoms with Gasteiger partial charge in [-0.1, -0.05) is 12.1 Å². The van der Waals surface area contributed by atoms with Crippen molar-refractivity contribution in [1.29, 1.82) is 5.26 Å². The Morgan fingerprint density at radius 1 is 1.27 bits per heavy atom. The second-order valence-electron chi connectivity index (χ2n) is 6.78. The lowest BCUT2D eigenvalue weighted by molar-refractivity contribution is 0.00578. The molecule has 0 saturated carbocycles. The van der Waals surface area contributed by atoms with Crippen LogP contribution >= 0.6 is 0 Å². The molecule has 1 saturated heterocycles. The minimum atomic E-state index is -0.491. The minimum Gasteiger partial charge on any atom is -0.399 e. The maximum absolute atomic E-state index is 12.3. The first kappa shape index (κ1) is 15.1. The van der Waals surface area contributed by atoms with Gasteiger partial charge in [0.1, 0.15) is 6.54 Å². The smallest absolute Gasteiger partial charge is 0.399 e. The van der Waals surface area contributed by atoms with Crippen LogP contribution < -0.4 is 5.46 Å². The summed E-state index contributed by atoms with van der Waals surface area (Å²) in [7, 11) is -0.491. The highest BCUT2D eigenvalue weighted by Crippen LogP contribution is 2.37. The fourth-order valence-electron chi connectivity index (χ4n) is 2.82. The van der Waals surface area contributed by atoms with Crippen LogP contribution in [-0.4, -0.2) is 35.7 Å². The van der Waals surface area contributed by atoms with Crippen molar-refractivity contribution >= 4 is 18.5 Å². The van der Waals surface area contributed by atoms with Crippen LogP contribution in [0.2, 0.25) is 0 Å². The van der Waals surface area contributed by atoms with E-state index in [1.807, 2.05) is 45.9 Å². The van der Waals surface area contributed by atoms with Crippen LogP contribution in [0.25, 0.3) is 0 Å². The lowest BCUT2D eigenvalue weighted by Gasteiger charge is -2.32. The number of nitriles is 1. The van der Waals surface area contributed by atoms with E-state index in [-0.39, 0.29) is 12.5 Å². The van der Waals surface area contributed by atoms with Gasteiger partial charge in [-0.05, 0) is 44.8 Å². The van der Waals surface area contributed by atoms with Gasteiger partial charge in [-0.25, -0.2) is 0 Å². The van der Waals surface area contributed by atoms with E-state index in [1.165, 1.54) is 0 Å². The monoisotopic (exact) mass is 298 g/mol. The summed E-state index contributed by atoms with van der Waals surface area (Å²) in [6, 6.07) is 7.60. The first-order valence-corrected chi connectivity index (χ1v) is 7.40. The lowest BCUT2D eigenvalue weighted by Crippen LogP contribution is -2.41. The average molecular weight is 298 g/mol. The van der Waals surface area contributed by atoms with Crippen molar-refractivity contribution in [3.63, 3.8) is 0 Å². The number of rotatable bonds is 2. The fraction of sp³-hybridized carbons (Fsp3) is 0.500. The molecular weight excluding hydrogens is 279 g/mol. The number of hydrogen-bond donors (Lipinski definition) is 0. The van der Waals surface area contributed by atoms with Crippen LogP contribution in [0.4, 0.5) is 0 Å².